The molecule has 9 nitrogen and oxygen atoms in total. The van der Waals surface area contributed by atoms with Gasteiger partial charge in [-0.25, -0.2) is 9.18 Å². The number of rotatable bonds is 9. The highest BCUT2D eigenvalue weighted by atomic mass is 28.3. The summed E-state index contributed by atoms with van der Waals surface area (Å²) < 4.78 is 20.8. The summed E-state index contributed by atoms with van der Waals surface area (Å²) in [6.07, 6.45) is 1.19. The molecule has 0 aliphatic carbocycles. The molecular weight excluding hydrogens is 483 g/mol. The average Bonchev–Trinajstić information content (AvgIpc) is 2.79. The molecule has 1 unspecified atom stereocenters. The highest BCUT2D eigenvalue weighted by Gasteiger charge is 2.25. The van der Waals surface area contributed by atoms with Gasteiger partial charge in [-0.15, -0.1) is 0 Å². The Balaban J connectivity index is 1.85. The van der Waals surface area contributed by atoms with E-state index < -0.39 is 49.5 Å². The second-order valence-corrected chi connectivity index (χ2v) is 14.4. The van der Waals surface area contributed by atoms with E-state index in [4.69, 9.17) is 4.74 Å². The molecule has 1 aromatic heterocycles. The van der Waals surface area contributed by atoms with Crippen molar-refractivity contribution in [1.29, 1.82) is 0 Å². The number of carbonyl (C=O) groups is 2. The van der Waals surface area contributed by atoms with Gasteiger partial charge in [0.05, 0.1) is 14.7 Å². The smallest absolute Gasteiger partial charge is 0.328 e. The number of carbonyl (C=O) groups excluding carboxylic acids is 2. The molecule has 36 heavy (non-hydrogen) atoms. The van der Waals surface area contributed by atoms with Crippen molar-refractivity contribution in [3.8, 4) is 0 Å². The van der Waals surface area contributed by atoms with Crippen molar-refractivity contribution < 1.29 is 18.7 Å². The number of aromatic nitrogens is 2. The van der Waals surface area contributed by atoms with Crippen molar-refractivity contribution in [2.75, 3.05) is 12.4 Å². The lowest BCUT2D eigenvalue weighted by molar-refractivity contribution is -0.127. The normalized spacial score (nSPS) is 12.1. The topological polar surface area (TPSA) is 122 Å². The zero-order valence-electron chi connectivity index (χ0n) is 20.6. The third-order valence-electron chi connectivity index (χ3n) is 5.45. The third kappa shape index (κ3) is 6.86. The van der Waals surface area contributed by atoms with Crippen LogP contribution in [0.1, 0.15) is 17.2 Å². The standard InChI is InChI=1S/C25H29FN4O5Si/c1-35-15-16-5-7-17(8-6-16)23(28-22(32)14-30-12-11-21(31)29-25(30)34)24(33)27-18-9-10-20(19(26)13-18)36(2,3)4/h5-13,23H,14-15H2,1-4H3,(H,27,33)(H,28,32)(H,29,31,34). The van der Waals surface area contributed by atoms with E-state index in [-0.39, 0.29) is 5.69 Å². The van der Waals surface area contributed by atoms with E-state index in [0.29, 0.717) is 17.4 Å². The van der Waals surface area contributed by atoms with Crippen LogP contribution in [0.5, 0.6) is 0 Å². The number of methoxy groups -OCH3 is 1. The minimum atomic E-state index is -1.90. The first-order chi connectivity index (χ1) is 17.0. The first-order valence-corrected chi connectivity index (χ1v) is 14.8. The molecule has 3 aromatic rings. The van der Waals surface area contributed by atoms with Gasteiger partial charge < -0.3 is 15.4 Å². The van der Waals surface area contributed by atoms with Crippen LogP contribution in [0, 0.1) is 5.82 Å². The second-order valence-electron chi connectivity index (χ2n) is 9.35. The average molecular weight is 513 g/mol. The number of anilines is 1. The van der Waals surface area contributed by atoms with Crippen LogP contribution in [-0.4, -0.2) is 36.5 Å². The molecule has 0 spiro atoms. The minimum absolute atomic E-state index is 0.256. The summed E-state index contributed by atoms with van der Waals surface area (Å²) in [7, 11) is -0.335. The van der Waals surface area contributed by atoms with E-state index in [1.807, 2.05) is 19.6 Å². The van der Waals surface area contributed by atoms with Crippen LogP contribution < -0.4 is 27.1 Å². The Morgan fingerprint density at radius 3 is 2.36 bits per heavy atom. The molecule has 0 bridgehead atoms. The van der Waals surface area contributed by atoms with Gasteiger partial charge in [0.2, 0.25) is 5.91 Å². The molecule has 3 rings (SSSR count). The van der Waals surface area contributed by atoms with Crippen LogP contribution in [0.4, 0.5) is 10.1 Å². The lowest BCUT2D eigenvalue weighted by Crippen LogP contribution is -2.41. The predicted molar refractivity (Wildman–Crippen MR) is 137 cm³/mol. The number of halogens is 1. The fourth-order valence-corrected chi connectivity index (χ4v) is 4.99. The molecule has 2 amide bonds. The summed E-state index contributed by atoms with van der Waals surface area (Å²) in [5.41, 5.74) is 0.272. The van der Waals surface area contributed by atoms with Crippen molar-refractivity contribution in [1.82, 2.24) is 14.9 Å². The van der Waals surface area contributed by atoms with Crippen molar-refractivity contribution >= 4 is 30.8 Å². The molecule has 3 N–H and O–H groups in total. The van der Waals surface area contributed by atoms with E-state index in [1.165, 1.54) is 12.3 Å². The van der Waals surface area contributed by atoms with Crippen molar-refractivity contribution in [2.45, 2.75) is 38.8 Å². The number of aromatic amines is 1. The van der Waals surface area contributed by atoms with Crippen LogP contribution >= 0.6 is 0 Å². The second kappa shape index (κ2) is 11.3. The maximum atomic E-state index is 14.7. The zero-order chi connectivity index (χ0) is 26.5. The number of hydrogen-bond acceptors (Lipinski definition) is 5. The Kier molecular flexibility index (Phi) is 8.38. The fraction of sp³-hybridized carbons (Fsp3) is 0.280. The maximum absolute atomic E-state index is 14.7. The largest absolute Gasteiger partial charge is 0.380 e. The van der Waals surface area contributed by atoms with Crippen LogP contribution in [0.15, 0.2) is 64.3 Å². The van der Waals surface area contributed by atoms with Gasteiger partial charge in [-0.2, -0.15) is 0 Å². The van der Waals surface area contributed by atoms with E-state index >= 15 is 0 Å². The molecule has 0 saturated heterocycles. The van der Waals surface area contributed by atoms with Gasteiger partial charge in [0.15, 0.2) is 0 Å². The van der Waals surface area contributed by atoms with Gasteiger partial charge in [-0.3, -0.25) is 23.9 Å². The van der Waals surface area contributed by atoms with E-state index in [0.717, 1.165) is 16.2 Å². The first-order valence-electron chi connectivity index (χ1n) is 11.3. The number of nitrogens with one attached hydrogen (secondary N) is 3. The molecule has 1 atom stereocenters. The number of ether oxygens (including phenoxy) is 1. The molecule has 1 heterocycles. The van der Waals surface area contributed by atoms with E-state index in [9.17, 15) is 23.6 Å². The lowest BCUT2D eigenvalue weighted by Gasteiger charge is -2.21. The summed E-state index contributed by atoms with van der Waals surface area (Å²) in [5.74, 6) is -1.61. The van der Waals surface area contributed by atoms with Crippen molar-refractivity contribution in [3.63, 3.8) is 0 Å². The Hall–Kier alpha value is -3.83. The third-order valence-corrected chi connectivity index (χ3v) is 7.47. The Bertz CT molecular complexity index is 1360. The minimum Gasteiger partial charge on any atom is -0.380 e. The lowest BCUT2D eigenvalue weighted by atomic mass is 10.0. The molecular formula is C25H29FN4O5Si. The van der Waals surface area contributed by atoms with Gasteiger partial charge >= 0.3 is 5.69 Å². The molecule has 0 radical (unpaired) electrons. The summed E-state index contributed by atoms with van der Waals surface area (Å²) in [5, 5.41) is 5.94. The summed E-state index contributed by atoms with van der Waals surface area (Å²) in [6.45, 7) is 6.03. The molecule has 0 fully saturated rings. The Morgan fingerprint density at radius 2 is 1.78 bits per heavy atom. The highest BCUT2D eigenvalue weighted by Crippen LogP contribution is 2.19. The van der Waals surface area contributed by atoms with Crippen LogP contribution in [0.3, 0.4) is 0 Å². The van der Waals surface area contributed by atoms with Gasteiger partial charge in [0, 0.05) is 25.1 Å². The SMILES string of the molecule is COCc1ccc(C(NC(=O)Cn2ccc(=O)[nH]c2=O)C(=O)Nc2ccc([Si](C)(C)C)c(F)c2)cc1. The molecule has 0 saturated carbocycles. The zero-order valence-corrected chi connectivity index (χ0v) is 21.6. The molecule has 2 aromatic carbocycles. The monoisotopic (exact) mass is 512 g/mol. The quantitative estimate of drug-likeness (QED) is 0.378. The van der Waals surface area contributed by atoms with Crippen LogP contribution in [0.2, 0.25) is 19.6 Å². The van der Waals surface area contributed by atoms with Gasteiger partial charge in [-0.05, 0) is 28.4 Å². The highest BCUT2D eigenvalue weighted by molar-refractivity contribution is 6.88. The Labute approximate surface area is 208 Å². The number of benzene rings is 2. The Morgan fingerprint density at radius 1 is 1.08 bits per heavy atom. The first kappa shape index (κ1) is 26.8. The van der Waals surface area contributed by atoms with Gasteiger partial charge in [0.25, 0.3) is 11.5 Å². The number of amides is 2. The molecule has 0 aliphatic rings. The van der Waals surface area contributed by atoms with E-state index in [1.54, 1.807) is 43.5 Å². The molecule has 11 heteroatoms. The summed E-state index contributed by atoms with van der Waals surface area (Å²) in [4.78, 5) is 51.3. The van der Waals surface area contributed by atoms with Crippen LogP contribution in [0.25, 0.3) is 0 Å². The van der Waals surface area contributed by atoms with Crippen LogP contribution in [-0.2, 0) is 27.5 Å². The number of H-pyrrole nitrogens is 1. The molecule has 190 valence electrons. The van der Waals surface area contributed by atoms with Crippen molar-refractivity contribution in [3.05, 3.63) is 92.5 Å². The maximum Gasteiger partial charge on any atom is 0.328 e. The fourth-order valence-electron chi connectivity index (χ4n) is 3.62. The van der Waals surface area contributed by atoms with Gasteiger partial charge in [0.1, 0.15) is 18.4 Å². The summed E-state index contributed by atoms with van der Waals surface area (Å²) >= 11 is 0. The predicted octanol–water partition coefficient (Wildman–Crippen LogP) is 1.86. The molecule has 0 aliphatic heterocycles. The summed E-state index contributed by atoms with van der Waals surface area (Å²) in [6, 6.07) is 11.5. The number of hydrogen-bond donors (Lipinski definition) is 3. The van der Waals surface area contributed by atoms with Gasteiger partial charge in [-0.1, -0.05) is 50.0 Å². The van der Waals surface area contributed by atoms with E-state index in [2.05, 4.69) is 15.6 Å². The van der Waals surface area contributed by atoms with Crippen molar-refractivity contribution in [2.24, 2.45) is 0 Å². The number of nitrogens with zero attached hydrogens (tertiary/aromatic N) is 1.